The molecule has 0 spiro atoms. The molecule has 0 aliphatic carbocycles. The van der Waals surface area contributed by atoms with Crippen LogP contribution in [0.4, 0.5) is 0 Å². The smallest absolute Gasteiger partial charge is 0.234 e. The Morgan fingerprint density at radius 1 is 1.38 bits per heavy atom. The van der Waals surface area contributed by atoms with Gasteiger partial charge in [0, 0.05) is 6.54 Å². The lowest BCUT2D eigenvalue weighted by Crippen LogP contribution is -2.35. The molecule has 1 heterocycles. The first-order valence-corrected chi connectivity index (χ1v) is 8.16. The average molecular weight is 305 g/mol. The summed E-state index contributed by atoms with van der Waals surface area (Å²) in [6, 6.07) is 8.12. The van der Waals surface area contributed by atoms with Crippen molar-refractivity contribution < 1.29 is 4.79 Å². The fourth-order valence-corrected chi connectivity index (χ4v) is 3.12. The van der Waals surface area contributed by atoms with Crippen LogP contribution >= 0.6 is 11.3 Å². The molecule has 1 aromatic carbocycles. The van der Waals surface area contributed by atoms with Gasteiger partial charge in [-0.25, -0.2) is 4.98 Å². The molecular formula is C16H23N3OS. The molecule has 0 fully saturated rings. The van der Waals surface area contributed by atoms with Crippen LogP contribution < -0.4 is 5.32 Å². The second-order valence-electron chi connectivity index (χ2n) is 5.78. The molecule has 0 bridgehead atoms. The summed E-state index contributed by atoms with van der Waals surface area (Å²) >= 11 is 1.69. The molecule has 1 aromatic heterocycles. The first-order chi connectivity index (χ1) is 10.0. The van der Waals surface area contributed by atoms with Gasteiger partial charge < -0.3 is 5.32 Å². The van der Waals surface area contributed by atoms with Crippen LogP contribution in [0.1, 0.15) is 25.3 Å². The Morgan fingerprint density at radius 2 is 2.14 bits per heavy atom. The quantitative estimate of drug-likeness (QED) is 0.855. The lowest BCUT2D eigenvalue weighted by molar-refractivity contribution is -0.122. The first kappa shape index (κ1) is 15.9. The van der Waals surface area contributed by atoms with Gasteiger partial charge in [-0.1, -0.05) is 26.0 Å². The SMILES string of the molecule is CC(C)CCNC(=O)CN(C)Cc1nc2ccccc2s1. The molecule has 0 atom stereocenters. The van der Waals surface area contributed by atoms with Crippen molar-refractivity contribution in [2.45, 2.75) is 26.8 Å². The molecule has 1 N–H and O–H groups in total. The van der Waals surface area contributed by atoms with Crippen molar-refractivity contribution in [3.05, 3.63) is 29.3 Å². The van der Waals surface area contributed by atoms with Crippen LogP contribution in [0.25, 0.3) is 10.2 Å². The zero-order valence-corrected chi connectivity index (χ0v) is 13.7. The van der Waals surface area contributed by atoms with E-state index in [4.69, 9.17) is 0 Å². The van der Waals surface area contributed by atoms with Gasteiger partial charge in [-0.15, -0.1) is 11.3 Å². The summed E-state index contributed by atoms with van der Waals surface area (Å²) in [6.07, 6.45) is 1.02. The van der Waals surface area contributed by atoms with Crippen LogP contribution in [0, 0.1) is 5.92 Å². The first-order valence-electron chi connectivity index (χ1n) is 7.34. The van der Waals surface area contributed by atoms with Gasteiger partial charge in [0.1, 0.15) is 5.01 Å². The largest absolute Gasteiger partial charge is 0.355 e. The maximum absolute atomic E-state index is 11.8. The summed E-state index contributed by atoms with van der Waals surface area (Å²) in [5, 5.41) is 4.01. The second kappa shape index (κ2) is 7.52. The maximum Gasteiger partial charge on any atom is 0.234 e. The van der Waals surface area contributed by atoms with Crippen molar-refractivity contribution >= 4 is 27.5 Å². The van der Waals surface area contributed by atoms with Crippen molar-refractivity contribution in [1.29, 1.82) is 0 Å². The third-order valence-electron chi connectivity index (χ3n) is 3.20. The van der Waals surface area contributed by atoms with Gasteiger partial charge in [-0.2, -0.15) is 0 Å². The lowest BCUT2D eigenvalue weighted by atomic mass is 10.1. The van der Waals surface area contributed by atoms with Gasteiger partial charge >= 0.3 is 0 Å². The van der Waals surface area contributed by atoms with E-state index in [9.17, 15) is 4.79 Å². The number of benzene rings is 1. The van der Waals surface area contributed by atoms with Crippen LogP contribution in [0.5, 0.6) is 0 Å². The fraction of sp³-hybridized carbons (Fsp3) is 0.500. The topological polar surface area (TPSA) is 45.2 Å². The van der Waals surface area contributed by atoms with Crippen LogP contribution in [0.3, 0.4) is 0 Å². The number of para-hydroxylation sites is 1. The predicted molar refractivity (Wildman–Crippen MR) is 88.4 cm³/mol. The molecule has 1 amide bonds. The number of rotatable bonds is 7. The van der Waals surface area contributed by atoms with Gasteiger partial charge in [-0.3, -0.25) is 9.69 Å². The van der Waals surface area contributed by atoms with Crippen molar-refractivity contribution in [2.75, 3.05) is 20.1 Å². The minimum absolute atomic E-state index is 0.0826. The normalized spacial score (nSPS) is 11.5. The fourth-order valence-electron chi connectivity index (χ4n) is 2.08. The number of nitrogens with zero attached hydrogens (tertiary/aromatic N) is 2. The zero-order valence-electron chi connectivity index (χ0n) is 12.9. The molecule has 0 unspecified atom stereocenters. The van der Waals surface area contributed by atoms with E-state index in [0.717, 1.165) is 23.5 Å². The average Bonchev–Trinajstić information content (AvgIpc) is 2.79. The van der Waals surface area contributed by atoms with Gasteiger partial charge in [0.25, 0.3) is 0 Å². The third kappa shape index (κ3) is 5.10. The van der Waals surface area contributed by atoms with E-state index in [0.29, 0.717) is 19.0 Å². The molecule has 0 aliphatic rings. The molecule has 2 rings (SSSR count). The minimum Gasteiger partial charge on any atom is -0.355 e. The number of thiazole rings is 1. The molecule has 2 aromatic rings. The van der Waals surface area contributed by atoms with Gasteiger partial charge in [0.05, 0.1) is 23.3 Å². The van der Waals surface area contributed by atoms with E-state index in [1.54, 1.807) is 11.3 Å². The molecule has 0 aliphatic heterocycles. The predicted octanol–water partition coefficient (Wildman–Crippen LogP) is 2.89. The molecule has 4 nitrogen and oxygen atoms in total. The number of aromatic nitrogens is 1. The van der Waals surface area contributed by atoms with Crippen LogP contribution in [0.2, 0.25) is 0 Å². The molecule has 5 heteroatoms. The highest BCUT2D eigenvalue weighted by atomic mass is 32.1. The number of fused-ring (bicyclic) bond motifs is 1. The van der Waals surface area contributed by atoms with E-state index >= 15 is 0 Å². The van der Waals surface area contributed by atoms with E-state index in [-0.39, 0.29) is 5.91 Å². The molecule has 0 saturated heterocycles. The van der Waals surface area contributed by atoms with Crippen LogP contribution in [-0.4, -0.2) is 35.9 Å². The molecular weight excluding hydrogens is 282 g/mol. The summed E-state index contributed by atoms with van der Waals surface area (Å²) in [7, 11) is 1.95. The molecule has 21 heavy (non-hydrogen) atoms. The number of hydrogen-bond donors (Lipinski definition) is 1. The number of amides is 1. The van der Waals surface area contributed by atoms with E-state index in [1.807, 2.05) is 30.1 Å². The number of carbonyl (C=O) groups excluding carboxylic acids is 1. The standard InChI is InChI=1S/C16H23N3OS/c1-12(2)8-9-17-15(20)10-19(3)11-16-18-13-6-4-5-7-14(13)21-16/h4-7,12H,8-11H2,1-3H3,(H,17,20). The molecule has 0 saturated carbocycles. The number of carbonyl (C=O) groups is 1. The molecule has 114 valence electrons. The highest BCUT2D eigenvalue weighted by Gasteiger charge is 2.10. The Labute approximate surface area is 130 Å². The van der Waals surface area contributed by atoms with E-state index in [2.05, 4.69) is 30.2 Å². The lowest BCUT2D eigenvalue weighted by Gasteiger charge is -2.15. The minimum atomic E-state index is 0.0826. The number of likely N-dealkylation sites (N-methyl/N-ethyl adjacent to an activating group) is 1. The van der Waals surface area contributed by atoms with E-state index < -0.39 is 0 Å². The highest BCUT2D eigenvalue weighted by Crippen LogP contribution is 2.22. The highest BCUT2D eigenvalue weighted by molar-refractivity contribution is 7.18. The Morgan fingerprint density at radius 3 is 2.86 bits per heavy atom. The van der Waals surface area contributed by atoms with Crippen molar-refractivity contribution in [2.24, 2.45) is 5.92 Å². The van der Waals surface area contributed by atoms with Gasteiger partial charge in [0.15, 0.2) is 0 Å². The summed E-state index contributed by atoms with van der Waals surface area (Å²) in [6.45, 7) is 6.19. The Kier molecular flexibility index (Phi) is 5.70. The Bertz CT molecular complexity index is 561. The van der Waals surface area contributed by atoms with Crippen molar-refractivity contribution in [3.63, 3.8) is 0 Å². The van der Waals surface area contributed by atoms with E-state index in [1.165, 1.54) is 4.70 Å². The van der Waals surface area contributed by atoms with Crippen LogP contribution in [-0.2, 0) is 11.3 Å². The van der Waals surface area contributed by atoms with Gasteiger partial charge in [0.2, 0.25) is 5.91 Å². The van der Waals surface area contributed by atoms with Gasteiger partial charge in [-0.05, 0) is 31.5 Å². The Hall–Kier alpha value is -1.46. The number of hydrogen-bond acceptors (Lipinski definition) is 4. The summed E-state index contributed by atoms with van der Waals surface area (Å²) in [4.78, 5) is 18.4. The number of nitrogens with one attached hydrogen (secondary N) is 1. The summed E-state index contributed by atoms with van der Waals surface area (Å²) in [5.74, 6) is 0.699. The summed E-state index contributed by atoms with van der Waals surface area (Å²) in [5.41, 5.74) is 1.03. The second-order valence-corrected chi connectivity index (χ2v) is 6.90. The monoisotopic (exact) mass is 305 g/mol. The Balaban J connectivity index is 1.81. The summed E-state index contributed by atoms with van der Waals surface area (Å²) < 4.78 is 1.20. The van der Waals surface area contributed by atoms with Crippen molar-refractivity contribution in [1.82, 2.24) is 15.2 Å². The van der Waals surface area contributed by atoms with Crippen LogP contribution in [0.15, 0.2) is 24.3 Å². The zero-order chi connectivity index (χ0) is 15.2. The van der Waals surface area contributed by atoms with Crippen molar-refractivity contribution in [3.8, 4) is 0 Å². The third-order valence-corrected chi connectivity index (χ3v) is 4.22. The maximum atomic E-state index is 11.8. The molecule has 0 radical (unpaired) electrons.